The second-order valence-electron chi connectivity index (χ2n) is 4.80. The lowest BCUT2D eigenvalue weighted by atomic mass is 10.1. The van der Waals surface area contributed by atoms with Crippen LogP contribution >= 0.6 is 0 Å². The molecule has 0 aliphatic heterocycles. The molecule has 7 heteroatoms. The smallest absolute Gasteiger partial charge is 0.338 e. The second kappa shape index (κ2) is 6.17. The molecule has 110 valence electrons. The van der Waals surface area contributed by atoms with Crippen molar-refractivity contribution in [3.05, 3.63) is 57.9 Å². The molecule has 0 fully saturated rings. The molecule has 1 heterocycles. The highest BCUT2D eigenvalue weighted by atomic mass is 16.6. The van der Waals surface area contributed by atoms with Crippen molar-refractivity contribution in [2.24, 2.45) is 0 Å². The minimum Gasteiger partial charge on any atom is -0.459 e. The summed E-state index contributed by atoms with van der Waals surface area (Å²) in [6.07, 6.45) is 2.40. The van der Waals surface area contributed by atoms with Crippen LogP contribution in [0.1, 0.15) is 29.8 Å². The lowest BCUT2D eigenvalue weighted by Crippen LogP contribution is -2.11. The molecule has 7 nitrogen and oxygen atoms in total. The Bertz CT molecular complexity index is 646. The molecule has 0 N–H and O–H groups in total. The SMILES string of the molecule is CC(C)OC(=O)c1ccc(Cn2cc([N+](=O)[O-])cn2)cc1. The van der Waals surface area contributed by atoms with E-state index in [2.05, 4.69) is 5.10 Å². The summed E-state index contributed by atoms with van der Waals surface area (Å²) >= 11 is 0. The first-order valence-corrected chi connectivity index (χ1v) is 6.42. The number of ether oxygens (including phenoxy) is 1. The van der Waals surface area contributed by atoms with Gasteiger partial charge in [0.25, 0.3) is 0 Å². The second-order valence-corrected chi connectivity index (χ2v) is 4.80. The van der Waals surface area contributed by atoms with Crippen LogP contribution in [0.4, 0.5) is 5.69 Å². The van der Waals surface area contributed by atoms with E-state index in [9.17, 15) is 14.9 Å². The van der Waals surface area contributed by atoms with Crippen LogP contribution in [0, 0.1) is 10.1 Å². The van der Waals surface area contributed by atoms with Crippen molar-refractivity contribution in [3.63, 3.8) is 0 Å². The zero-order chi connectivity index (χ0) is 15.4. The third kappa shape index (κ3) is 3.88. The zero-order valence-corrected chi connectivity index (χ0v) is 11.7. The summed E-state index contributed by atoms with van der Waals surface area (Å²) in [5.74, 6) is -0.369. The van der Waals surface area contributed by atoms with Gasteiger partial charge in [-0.2, -0.15) is 5.10 Å². The summed E-state index contributed by atoms with van der Waals surface area (Å²) in [6.45, 7) is 3.97. The first-order chi connectivity index (χ1) is 9.95. The van der Waals surface area contributed by atoms with E-state index in [1.165, 1.54) is 17.1 Å². The fourth-order valence-corrected chi connectivity index (χ4v) is 1.75. The van der Waals surface area contributed by atoms with E-state index >= 15 is 0 Å². The minimum atomic E-state index is -0.492. The molecular weight excluding hydrogens is 274 g/mol. The van der Waals surface area contributed by atoms with Crippen molar-refractivity contribution in [2.75, 3.05) is 0 Å². The van der Waals surface area contributed by atoms with Crippen LogP contribution < -0.4 is 0 Å². The van der Waals surface area contributed by atoms with E-state index in [-0.39, 0.29) is 17.8 Å². The van der Waals surface area contributed by atoms with Gasteiger partial charge in [-0.3, -0.25) is 14.8 Å². The van der Waals surface area contributed by atoms with Gasteiger partial charge in [0.2, 0.25) is 0 Å². The molecular formula is C14H15N3O4. The van der Waals surface area contributed by atoms with Crippen LogP contribution in [-0.4, -0.2) is 26.8 Å². The molecule has 1 aromatic carbocycles. The molecule has 21 heavy (non-hydrogen) atoms. The Labute approximate surface area is 121 Å². The quantitative estimate of drug-likeness (QED) is 0.479. The molecule has 0 spiro atoms. The fourth-order valence-electron chi connectivity index (χ4n) is 1.75. The maximum atomic E-state index is 11.7. The number of esters is 1. The Kier molecular flexibility index (Phi) is 4.32. The maximum Gasteiger partial charge on any atom is 0.338 e. The van der Waals surface area contributed by atoms with Crippen molar-refractivity contribution in [1.82, 2.24) is 9.78 Å². The average molecular weight is 289 g/mol. The molecule has 0 saturated carbocycles. The summed E-state index contributed by atoms with van der Waals surface area (Å²) in [4.78, 5) is 21.8. The van der Waals surface area contributed by atoms with Gasteiger partial charge in [0.1, 0.15) is 12.4 Å². The highest BCUT2D eigenvalue weighted by Gasteiger charge is 2.11. The van der Waals surface area contributed by atoms with Crippen molar-refractivity contribution in [3.8, 4) is 0 Å². The van der Waals surface area contributed by atoms with Crippen LogP contribution in [0.25, 0.3) is 0 Å². The van der Waals surface area contributed by atoms with E-state index in [1.807, 2.05) is 0 Å². The number of benzene rings is 1. The Hall–Kier alpha value is -2.70. The third-order valence-electron chi connectivity index (χ3n) is 2.71. The zero-order valence-electron chi connectivity index (χ0n) is 11.7. The van der Waals surface area contributed by atoms with Crippen LogP contribution in [0.15, 0.2) is 36.7 Å². The van der Waals surface area contributed by atoms with Crippen LogP contribution in [0.5, 0.6) is 0 Å². The highest BCUT2D eigenvalue weighted by molar-refractivity contribution is 5.89. The predicted molar refractivity (Wildman–Crippen MR) is 75.0 cm³/mol. The van der Waals surface area contributed by atoms with Crippen LogP contribution in [0.3, 0.4) is 0 Å². The molecule has 0 aliphatic rings. The number of rotatable bonds is 5. The average Bonchev–Trinajstić information content (AvgIpc) is 2.87. The van der Waals surface area contributed by atoms with Crippen molar-refractivity contribution >= 4 is 11.7 Å². The molecule has 0 amide bonds. The van der Waals surface area contributed by atoms with E-state index < -0.39 is 4.92 Å². The highest BCUT2D eigenvalue weighted by Crippen LogP contribution is 2.12. The number of carbonyl (C=O) groups is 1. The number of carbonyl (C=O) groups excluding carboxylic acids is 1. The summed E-state index contributed by atoms with van der Waals surface area (Å²) in [5, 5.41) is 14.5. The third-order valence-corrected chi connectivity index (χ3v) is 2.71. The van der Waals surface area contributed by atoms with Gasteiger partial charge in [-0.05, 0) is 31.5 Å². The predicted octanol–water partition coefficient (Wildman–Crippen LogP) is 2.40. The van der Waals surface area contributed by atoms with Crippen LogP contribution in [0.2, 0.25) is 0 Å². The first-order valence-electron chi connectivity index (χ1n) is 6.42. The number of hydrogen-bond acceptors (Lipinski definition) is 5. The van der Waals surface area contributed by atoms with Gasteiger partial charge in [0.15, 0.2) is 0 Å². The van der Waals surface area contributed by atoms with Gasteiger partial charge in [-0.1, -0.05) is 12.1 Å². The van der Waals surface area contributed by atoms with Gasteiger partial charge in [-0.15, -0.1) is 0 Å². The Balaban J connectivity index is 2.05. The standard InChI is InChI=1S/C14H15N3O4/c1-10(2)21-14(18)12-5-3-11(4-6-12)8-16-9-13(7-15-16)17(19)20/h3-7,9-10H,8H2,1-2H3. The number of hydrogen-bond donors (Lipinski definition) is 0. The molecule has 0 unspecified atom stereocenters. The molecule has 0 saturated heterocycles. The first kappa shape index (κ1) is 14.7. The van der Waals surface area contributed by atoms with E-state index in [1.54, 1.807) is 38.1 Å². The minimum absolute atomic E-state index is 0.0490. The lowest BCUT2D eigenvalue weighted by molar-refractivity contribution is -0.385. The summed E-state index contributed by atoms with van der Waals surface area (Å²) in [5.41, 5.74) is 1.31. The van der Waals surface area contributed by atoms with Crippen molar-refractivity contribution < 1.29 is 14.5 Å². The topological polar surface area (TPSA) is 87.3 Å². The summed E-state index contributed by atoms with van der Waals surface area (Å²) < 4.78 is 6.56. The number of nitrogens with zero attached hydrogens (tertiary/aromatic N) is 3. The number of aromatic nitrogens is 2. The molecule has 0 radical (unpaired) electrons. The van der Waals surface area contributed by atoms with E-state index in [0.717, 1.165) is 5.56 Å². The molecule has 0 aliphatic carbocycles. The summed E-state index contributed by atoms with van der Waals surface area (Å²) in [6, 6.07) is 6.87. The molecule has 0 bridgehead atoms. The van der Waals surface area contributed by atoms with E-state index in [0.29, 0.717) is 12.1 Å². The van der Waals surface area contributed by atoms with Crippen molar-refractivity contribution in [2.45, 2.75) is 26.5 Å². The molecule has 0 atom stereocenters. The number of nitro groups is 1. The van der Waals surface area contributed by atoms with Gasteiger partial charge in [-0.25, -0.2) is 4.79 Å². The van der Waals surface area contributed by atoms with Crippen LogP contribution in [-0.2, 0) is 11.3 Å². The largest absolute Gasteiger partial charge is 0.459 e. The molecule has 2 aromatic rings. The molecule has 2 rings (SSSR count). The molecule has 1 aromatic heterocycles. The van der Waals surface area contributed by atoms with Gasteiger partial charge in [0.05, 0.1) is 23.1 Å². The Morgan fingerprint density at radius 3 is 2.57 bits per heavy atom. The van der Waals surface area contributed by atoms with Gasteiger partial charge >= 0.3 is 11.7 Å². The lowest BCUT2D eigenvalue weighted by Gasteiger charge is -2.08. The van der Waals surface area contributed by atoms with Gasteiger partial charge < -0.3 is 4.74 Å². The summed E-state index contributed by atoms with van der Waals surface area (Å²) in [7, 11) is 0. The van der Waals surface area contributed by atoms with E-state index in [4.69, 9.17) is 4.74 Å². The maximum absolute atomic E-state index is 11.7. The van der Waals surface area contributed by atoms with Gasteiger partial charge in [0, 0.05) is 0 Å². The Morgan fingerprint density at radius 1 is 1.38 bits per heavy atom. The Morgan fingerprint density at radius 2 is 2.05 bits per heavy atom. The van der Waals surface area contributed by atoms with Crippen molar-refractivity contribution in [1.29, 1.82) is 0 Å². The normalized spacial score (nSPS) is 10.6. The monoisotopic (exact) mass is 289 g/mol. The fraction of sp³-hybridized carbons (Fsp3) is 0.286.